The van der Waals surface area contributed by atoms with E-state index in [4.69, 9.17) is 0 Å². The van der Waals surface area contributed by atoms with Gasteiger partial charge in [-0.25, -0.2) is 9.67 Å². The molecule has 5 nitrogen and oxygen atoms in total. The predicted octanol–water partition coefficient (Wildman–Crippen LogP) is 3.52. The van der Waals surface area contributed by atoms with Crippen molar-refractivity contribution in [3.05, 3.63) is 53.1 Å². The van der Waals surface area contributed by atoms with Crippen molar-refractivity contribution in [1.82, 2.24) is 19.1 Å². The van der Waals surface area contributed by atoms with Crippen LogP contribution in [-0.2, 0) is 13.0 Å². The monoisotopic (exact) mass is 313 g/mol. The summed E-state index contributed by atoms with van der Waals surface area (Å²) in [6.45, 7) is 6.91. The number of anilines is 1. The van der Waals surface area contributed by atoms with Gasteiger partial charge in [-0.15, -0.1) is 0 Å². The Balaban J connectivity index is 1.81. The molecule has 0 spiro atoms. The molecule has 2 aromatic heterocycles. The van der Waals surface area contributed by atoms with Gasteiger partial charge < -0.3 is 5.32 Å². The highest BCUT2D eigenvalue weighted by Gasteiger charge is 2.13. The molecule has 0 amide bonds. The van der Waals surface area contributed by atoms with Gasteiger partial charge in [-0.3, -0.25) is 0 Å². The number of nitrogens with one attached hydrogen (secondary N) is 1. The maximum atomic E-state index is 4.66. The van der Waals surface area contributed by atoms with E-state index in [-0.39, 0.29) is 0 Å². The molecule has 0 aliphatic carbocycles. The van der Waals surface area contributed by atoms with Crippen molar-refractivity contribution in [2.45, 2.75) is 33.7 Å². The fourth-order valence-electron chi connectivity index (χ4n) is 2.38. The van der Waals surface area contributed by atoms with E-state index in [1.165, 1.54) is 17.1 Å². The zero-order valence-electron chi connectivity index (χ0n) is 13.0. The summed E-state index contributed by atoms with van der Waals surface area (Å²) in [6.07, 6.45) is 0.863. The number of benzene rings is 1. The van der Waals surface area contributed by atoms with Gasteiger partial charge in [0, 0.05) is 35.8 Å². The molecule has 0 atom stereocenters. The molecule has 0 radical (unpaired) electrons. The van der Waals surface area contributed by atoms with Crippen molar-refractivity contribution in [3.63, 3.8) is 0 Å². The summed E-state index contributed by atoms with van der Waals surface area (Å²) in [6, 6.07) is 10.2. The summed E-state index contributed by atoms with van der Waals surface area (Å²) in [5.41, 5.74) is 4.47. The first-order valence-electron chi connectivity index (χ1n) is 7.36. The topological polar surface area (TPSA) is 55.6 Å². The predicted molar refractivity (Wildman–Crippen MR) is 89.7 cm³/mol. The lowest BCUT2D eigenvalue weighted by Gasteiger charge is -2.05. The standard InChI is InChI=1S/C16H19N5S/c1-4-15-18-16(22-20-15)17-10-14-11(2)19-21(12(14)3)13-8-6-5-7-9-13/h5-9H,4,10H2,1-3H3,(H,17,18,20). The average molecular weight is 313 g/mol. The Kier molecular flexibility index (Phi) is 4.20. The number of hydrogen-bond donors (Lipinski definition) is 1. The third kappa shape index (κ3) is 2.87. The summed E-state index contributed by atoms with van der Waals surface area (Å²) >= 11 is 1.41. The molecule has 0 aliphatic rings. The first-order valence-corrected chi connectivity index (χ1v) is 8.13. The zero-order chi connectivity index (χ0) is 15.5. The van der Waals surface area contributed by atoms with Gasteiger partial charge in [0.25, 0.3) is 0 Å². The molecule has 1 N–H and O–H groups in total. The zero-order valence-corrected chi connectivity index (χ0v) is 13.8. The summed E-state index contributed by atoms with van der Waals surface area (Å²) in [5, 5.41) is 8.88. The molecule has 0 aliphatic heterocycles. The molecule has 3 aromatic rings. The van der Waals surface area contributed by atoms with Crippen LogP contribution in [0.3, 0.4) is 0 Å². The van der Waals surface area contributed by atoms with Crippen LogP contribution >= 0.6 is 11.5 Å². The third-order valence-electron chi connectivity index (χ3n) is 3.64. The van der Waals surface area contributed by atoms with Crippen LogP contribution in [0.15, 0.2) is 30.3 Å². The van der Waals surface area contributed by atoms with Gasteiger partial charge in [-0.2, -0.15) is 9.47 Å². The number of rotatable bonds is 5. The molecule has 22 heavy (non-hydrogen) atoms. The van der Waals surface area contributed by atoms with Crippen molar-refractivity contribution in [3.8, 4) is 5.69 Å². The van der Waals surface area contributed by atoms with E-state index < -0.39 is 0 Å². The smallest absolute Gasteiger partial charge is 0.202 e. The molecule has 1 aromatic carbocycles. The van der Waals surface area contributed by atoms with Gasteiger partial charge in [0.15, 0.2) is 0 Å². The number of aromatic nitrogens is 4. The molecule has 6 heteroatoms. The third-order valence-corrected chi connectivity index (χ3v) is 4.35. The number of para-hydroxylation sites is 1. The van der Waals surface area contributed by atoms with Gasteiger partial charge >= 0.3 is 0 Å². The normalized spacial score (nSPS) is 10.9. The van der Waals surface area contributed by atoms with Crippen molar-refractivity contribution in [2.24, 2.45) is 0 Å². The second kappa shape index (κ2) is 6.27. The number of hydrogen-bond acceptors (Lipinski definition) is 5. The molecule has 0 unspecified atom stereocenters. The first kappa shape index (κ1) is 14.7. The highest BCUT2D eigenvalue weighted by Crippen LogP contribution is 2.20. The summed E-state index contributed by atoms with van der Waals surface area (Å²) in [4.78, 5) is 4.44. The molecule has 114 valence electrons. The Labute approximate surface area is 134 Å². The van der Waals surface area contributed by atoms with Crippen LogP contribution in [0.4, 0.5) is 5.13 Å². The quantitative estimate of drug-likeness (QED) is 0.783. The second-order valence-electron chi connectivity index (χ2n) is 5.12. The second-order valence-corrected chi connectivity index (χ2v) is 5.87. The Morgan fingerprint density at radius 2 is 1.95 bits per heavy atom. The number of aryl methyl sites for hydroxylation is 2. The maximum absolute atomic E-state index is 4.66. The van der Waals surface area contributed by atoms with Gasteiger partial charge in [0.2, 0.25) is 5.13 Å². The van der Waals surface area contributed by atoms with Crippen molar-refractivity contribution >= 4 is 16.7 Å². The molecule has 0 saturated heterocycles. The molecule has 0 fully saturated rings. The Morgan fingerprint density at radius 1 is 1.18 bits per heavy atom. The molecule has 3 rings (SSSR count). The molecule has 0 saturated carbocycles. The Hall–Kier alpha value is -2.21. The van der Waals surface area contributed by atoms with E-state index in [0.717, 1.165) is 34.5 Å². The van der Waals surface area contributed by atoms with E-state index in [1.54, 1.807) is 0 Å². The van der Waals surface area contributed by atoms with Crippen molar-refractivity contribution < 1.29 is 0 Å². The fourth-order valence-corrected chi connectivity index (χ4v) is 3.03. The van der Waals surface area contributed by atoms with Crippen LogP contribution in [0.5, 0.6) is 0 Å². The average Bonchev–Trinajstić information content (AvgIpc) is 3.11. The summed E-state index contributed by atoms with van der Waals surface area (Å²) in [7, 11) is 0. The lowest BCUT2D eigenvalue weighted by Crippen LogP contribution is -2.03. The summed E-state index contributed by atoms with van der Waals surface area (Å²) < 4.78 is 6.28. The van der Waals surface area contributed by atoms with Crippen LogP contribution in [0.1, 0.15) is 29.7 Å². The van der Waals surface area contributed by atoms with Gasteiger partial charge in [0.1, 0.15) is 5.82 Å². The molecular weight excluding hydrogens is 294 g/mol. The number of nitrogens with zero attached hydrogens (tertiary/aromatic N) is 4. The van der Waals surface area contributed by atoms with Crippen LogP contribution in [0, 0.1) is 13.8 Å². The highest BCUT2D eigenvalue weighted by molar-refractivity contribution is 7.09. The first-order chi connectivity index (χ1) is 10.7. The van der Waals surface area contributed by atoms with Crippen molar-refractivity contribution in [1.29, 1.82) is 0 Å². The van der Waals surface area contributed by atoms with E-state index in [0.29, 0.717) is 6.54 Å². The van der Waals surface area contributed by atoms with Crippen LogP contribution in [0.2, 0.25) is 0 Å². The van der Waals surface area contributed by atoms with Gasteiger partial charge in [0.05, 0.1) is 11.4 Å². The SMILES string of the molecule is CCc1nsc(NCc2c(C)nn(-c3ccccc3)c2C)n1. The maximum Gasteiger partial charge on any atom is 0.202 e. The van der Waals surface area contributed by atoms with E-state index in [2.05, 4.69) is 45.8 Å². The lowest BCUT2D eigenvalue weighted by atomic mass is 10.2. The van der Waals surface area contributed by atoms with Gasteiger partial charge in [-0.05, 0) is 26.0 Å². The minimum atomic E-state index is 0.711. The largest absolute Gasteiger partial charge is 0.356 e. The van der Waals surface area contributed by atoms with Crippen LogP contribution in [0.25, 0.3) is 5.69 Å². The van der Waals surface area contributed by atoms with E-state index in [9.17, 15) is 0 Å². The fraction of sp³-hybridized carbons (Fsp3) is 0.312. The highest BCUT2D eigenvalue weighted by atomic mass is 32.1. The van der Waals surface area contributed by atoms with E-state index in [1.807, 2.05) is 29.8 Å². The van der Waals surface area contributed by atoms with Crippen LogP contribution in [-0.4, -0.2) is 19.1 Å². The summed E-state index contributed by atoms with van der Waals surface area (Å²) in [5.74, 6) is 0.890. The molecule has 0 bridgehead atoms. The Bertz CT molecular complexity index is 760. The molecule has 2 heterocycles. The minimum absolute atomic E-state index is 0.711. The minimum Gasteiger partial charge on any atom is -0.356 e. The van der Waals surface area contributed by atoms with Crippen LogP contribution < -0.4 is 5.32 Å². The lowest BCUT2D eigenvalue weighted by molar-refractivity contribution is 0.833. The van der Waals surface area contributed by atoms with Gasteiger partial charge in [-0.1, -0.05) is 25.1 Å². The van der Waals surface area contributed by atoms with E-state index >= 15 is 0 Å². The van der Waals surface area contributed by atoms with Crippen molar-refractivity contribution in [2.75, 3.05) is 5.32 Å². The Morgan fingerprint density at radius 3 is 2.64 bits per heavy atom. The molecular formula is C16H19N5S.